The van der Waals surface area contributed by atoms with E-state index in [1.165, 1.54) is 18.4 Å². The summed E-state index contributed by atoms with van der Waals surface area (Å²) in [6.07, 6.45) is 5.44. The lowest BCUT2D eigenvalue weighted by atomic mass is 10.0. The molecule has 2 nitrogen and oxygen atoms in total. The second kappa shape index (κ2) is 5.85. The monoisotopic (exact) mass is 232 g/mol. The Morgan fingerprint density at radius 2 is 2.00 bits per heavy atom. The third-order valence-electron chi connectivity index (χ3n) is 3.53. The third kappa shape index (κ3) is 3.09. The molecule has 0 aromatic heterocycles. The minimum atomic E-state index is 0.238. The molecule has 1 aromatic carbocycles. The molecule has 0 N–H and O–H groups in total. The Kier molecular flexibility index (Phi) is 4.18. The van der Waals surface area contributed by atoms with Gasteiger partial charge in [0, 0.05) is 5.92 Å². The number of ketones is 1. The lowest BCUT2D eigenvalue weighted by Crippen LogP contribution is -2.19. The maximum Gasteiger partial charge on any atom is 0.173 e. The van der Waals surface area contributed by atoms with Crippen molar-refractivity contribution in [3.63, 3.8) is 0 Å². The molecule has 0 atom stereocenters. The zero-order valence-electron chi connectivity index (χ0n) is 10.4. The number of ether oxygens (including phenoxy) is 1. The number of aryl methyl sites for hydroxylation is 1. The Morgan fingerprint density at radius 1 is 1.29 bits per heavy atom. The molecule has 1 aliphatic carbocycles. The normalized spacial score (nSPS) is 16.1. The number of rotatable bonds is 5. The van der Waals surface area contributed by atoms with Crippen LogP contribution in [0.3, 0.4) is 0 Å². The van der Waals surface area contributed by atoms with Crippen molar-refractivity contribution in [3.8, 4) is 5.75 Å². The van der Waals surface area contributed by atoms with Gasteiger partial charge in [-0.15, -0.1) is 0 Å². The molecule has 1 aromatic rings. The van der Waals surface area contributed by atoms with E-state index in [0.29, 0.717) is 0 Å². The van der Waals surface area contributed by atoms with Crippen LogP contribution in [0.4, 0.5) is 0 Å². The number of hydrogen-bond acceptors (Lipinski definition) is 2. The summed E-state index contributed by atoms with van der Waals surface area (Å²) in [5.74, 6) is 1.39. The van der Waals surface area contributed by atoms with E-state index >= 15 is 0 Å². The lowest BCUT2D eigenvalue weighted by molar-refractivity contribution is -0.124. The quantitative estimate of drug-likeness (QED) is 0.778. The van der Waals surface area contributed by atoms with Gasteiger partial charge in [0.25, 0.3) is 0 Å². The maximum atomic E-state index is 11.9. The van der Waals surface area contributed by atoms with Crippen molar-refractivity contribution < 1.29 is 9.53 Å². The Hall–Kier alpha value is -1.31. The molecule has 1 saturated carbocycles. The van der Waals surface area contributed by atoms with Crippen LogP contribution in [0.1, 0.15) is 38.2 Å². The van der Waals surface area contributed by atoms with E-state index in [1.807, 2.05) is 18.2 Å². The van der Waals surface area contributed by atoms with Gasteiger partial charge < -0.3 is 4.74 Å². The summed E-state index contributed by atoms with van der Waals surface area (Å²) in [6.45, 7) is 2.34. The first kappa shape index (κ1) is 12.2. The van der Waals surface area contributed by atoms with E-state index in [-0.39, 0.29) is 18.3 Å². The van der Waals surface area contributed by atoms with Gasteiger partial charge >= 0.3 is 0 Å². The highest BCUT2D eigenvalue weighted by atomic mass is 16.5. The van der Waals surface area contributed by atoms with Gasteiger partial charge in [-0.2, -0.15) is 0 Å². The predicted molar refractivity (Wildman–Crippen MR) is 68.3 cm³/mol. The van der Waals surface area contributed by atoms with Crippen molar-refractivity contribution in [2.75, 3.05) is 6.61 Å². The largest absolute Gasteiger partial charge is 0.486 e. The predicted octanol–water partition coefficient (Wildman–Crippen LogP) is 3.39. The lowest BCUT2D eigenvalue weighted by Gasteiger charge is -2.12. The zero-order valence-corrected chi connectivity index (χ0v) is 10.4. The number of carbonyl (C=O) groups excluding carboxylic acids is 1. The van der Waals surface area contributed by atoms with Crippen molar-refractivity contribution in [1.82, 2.24) is 0 Å². The highest BCUT2D eigenvalue weighted by molar-refractivity contribution is 5.82. The van der Waals surface area contributed by atoms with Crippen LogP contribution >= 0.6 is 0 Å². The van der Waals surface area contributed by atoms with Gasteiger partial charge in [-0.1, -0.05) is 38.0 Å². The molecule has 0 radical (unpaired) electrons. The fourth-order valence-electron chi connectivity index (χ4n) is 2.45. The van der Waals surface area contributed by atoms with Gasteiger partial charge in [-0.05, 0) is 30.9 Å². The number of hydrogen-bond donors (Lipinski definition) is 0. The first-order valence-electron chi connectivity index (χ1n) is 6.54. The van der Waals surface area contributed by atoms with Gasteiger partial charge in [0.05, 0.1) is 0 Å². The number of carbonyl (C=O) groups is 1. The number of para-hydroxylation sites is 1. The summed E-state index contributed by atoms with van der Waals surface area (Å²) in [7, 11) is 0. The van der Waals surface area contributed by atoms with Crippen molar-refractivity contribution in [2.45, 2.75) is 39.0 Å². The van der Waals surface area contributed by atoms with Crippen LogP contribution in [0.25, 0.3) is 0 Å². The highest BCUT2D eigenvalue weighted by Gasteiger charge is 2.22. The SMILES string of the molecule is CCc1ccccc1OCC(=O)C1CCCC1. The van der Waals surface area contributed by atoms with Crippen LogP contribution in [0.2, 0.25) is 0 Å². The minimum Gasteiger partial charge on any atom is -0.486 e. The standard InChI is InChI=1S/C15H20O2/c1-2-12-7-5-6-10-15(12)17-11-14(16)13-8-3-4-9-13/h5-7,10,13H,2-4,8-9,11H2,1H3. The molecule has 2 heteroatoms. The minimum absolute atomic E-state index is 0.238. The van der Waals surface area contributed by atoms with E-state index in [1.54, 1.807) is 0 Å². The second-order valence-electron chi connectivity index (χ2n) is 4.70. The molecule has 2 rings (SSSR count). The van der Waals surface area contributed by atoms with Crippen LogP contribution in [0.15, 0.2) is 24.3 Å². The van der Waals surface area contributed by atoms with Gasteiger partial charge in [0.1, 0.15) is 12.4 Å². The van der Waals surface area contributed by atoms with Crippen LogP contribution in [0, 0.1) is 5.92 Å². The maximum absolute atomic E-state index is 11.9. The van der Waals surface area contributed by atoms with Crippen molar-refractivity contribution in [3.05, 3.63) is 29.8 Å². The van der Waals surface area contributed by atoms with Crippen LogP contribution in [0.5, 0.6) is 5.75 Å². The molecule has 0 amide bonds. The van der Waals surface area contributed by atoms with Crippen molar-refractivity contribution >= 4 is 5.78 Å². The van der Waals surface area contributed by atoms with E-state index in [9.17, 15) is 4.79 Å². The average molecular weight is 232 g/mol. The molecule has 0 unspecified atom stereocenters. The molecule has 0 bridgehead atoms. The van der Waals surface area contributed by atoms with Crippen LogP contribution in [-0.4, -0.2) is 12.4 Å². The zero-order chi connectivity index (χ0) is 12.1. The van der Waals surface area contributed by atoms with Gasteiger partial charge in [0.15, 0.2) is 5.78 Å². The van der Waals surface area contributed by atoms with Crippen molar-refractivity contribution in [1.29, 1.82) is 0 Å². The second-order valence-corrected chi connectivity index (χ2v) is 4.70. The molecule has 1 aliphatic rings. The molecule has 0 saturated heterocycles. The van der Waals surface area contributed by atoms with Gasteiger partial charge in [-0.3, -0.25) is 4.79 Å². The Balaban J connectivity index is 1.90. The molecule has 17 heavy (non-hydrogen) atoms. The molecular weight excluding hydrogens is 212 g/mol. The molecule has 0 aliphatic heterocycles. The highest BCUT2D eigenvalue weighted by Crippen LogP contribution is 2.26. The van der Waals surface area contributed by atoms with Crippen LogP contribution < -0.4 is 4.74 Å². The van der Waals surface area contributed by atoms with E-state index in [2.05, 4.69) is 13.0 Å². The molecule has 0 heterocycles. The Labute approximate surface area is 103 Å². The van der Waals surface area contributed by atoms with Gasteiger partial charge in [-0.25, -0.2) is 0 Å². The Bertz CT molecular complexity index is 378. The Morgan fingerprint density at radius 3 is 2.71 bits per heavy atom. The third-order valence-corrected chi connectivity index (χ3v) is 3.53. The van der Waals surface area contributed by atoms with E-state index in [0.717, 1.165) is 25.0 Å². The van der Waals surface area contributed by atoms with Crippen molar-refractivity contribution in [2.24, 2.45) is 5.92 Å². The molecular formula is C15H20O2. The fraction of sp³-hybridized carbons (Fsp3) is 0.533. The summed E-state index contributed by atoms with van der Waals surface area (Å²) in [6, 6.07) is 7.95. The van der Waals surface area contributed by atoms with Gasteiger partial charge in [0.2, 0.25) is 0 Å². The number of Topliss-reactive ketones (excluding diaryl/α,β-unsaturated/α-hetero) is 1. The first-order chi connectivity index (χ1) is 8.31. The fourth-order valence-corrected chi connectivity index (χ4v) is 2.45. The summed E-state index contributed by atoms with van der Waals surface area (Å²) >= 11 is 0. The summed E-state index contributed by atoms with van der Waals surface area (Å²) in [5.41, 5.74) is 1.17. The van der Waals surface area contributed by atoms with E-state index < -0.39 is 0 Å². The molecule has 1 fully saturated rings. The van der Waals surface area contributed by atoms with E-state index in [4.69, 9.17) is 4.74 Å². The summed E-state index contributed by atoms with van der Waals surface area (Å²) in [4.78, 5) is 11.9. The first-order valence-corrected chi connectivity index (χ1v) is 6.54. The molecule has 0 spiro atoms. The van der Waals surface area contributed by atoms with Crippen LogP contribution in [-0.2, 0) is 11.2 Å². The smallest absolute Gasteiger partial charge is 0.173 e. The average Bonchev–Trinajstić information content (AvgIpc) is 2.90. The topological polar surface area (TPSA) is 26.3 Å². The summed E-state index contributed by atoms with van der Waals surface area (Å²) in [5, 5.41) is 0. The summed E-state index contributed by atoms with van der Waals surface area (Å²) < 4.78 is 5.65. The number of benzene rings is 1. The molecule has 92 valence electrons.